The van der Waals surface area contributed by atoms with Gasteiger partial charge in [0, 0.05) is 11.5 Å². The average Bonchev–Trinajstić information content (AvgIpc) is 2.94. The molecule has 9 nitrogen and oxygen atoms in total. The van der Waals surface area contributed by atoms with E-state index in [-0.39, 0.29) is 22.6 Å². The van der Waals surface area contributed by atoms with E-state index in [9.17, 15) is 28.2 Å². The van der Waals surface area contributed by atoms with Gasteiger partial charge in [0.25, 0.3) is 0 Å². The number of hydrogen-bond acceptors (Lipinski definition) is 7. The molecule has 1 aromatic carbocycles. The van der Waals surface area contributed by atoms with Gasteiger partial charge in [-0.25, -0.2) is 13.2 Å². The van der Waals surface area contributed by atoms with Crippen LogP contribution < -0.4 is 9.47 Å². The highest BCUT2D eigenvalue weighted by atomic mass is 32.2. The Morgan fingerprint density at radius 1 is 1.29 bits per heavy atom. The number of amides is 1. The molecular formula is C18H21NO8S. The van der Waals surface area contributed by atoms with Gasteiger partial charge < -0.3 is 24.6 Å². The molecule has 0 aromatic heterocycles. The van der Waals surface area contributed by atoms with Crippen molar-refractivity contribution in [3.8, 4) is 11.5 Å². The van der Waals surface area contributed by atoms with Gasteiger partial charge in [-0.1, -0.05) is 0 Å². The lowest BCUT2D eigenvalue weighted by Crippen LogP contribution is -2.64. The van der Waals surface area contributed by atoms with E-state index in [4.69, 9.17) is 9.47 Å². The topological polar surface area (TPSA) is 130 Å². The summed E-state index contributed by atoms with van der Waals surface area (Å²) in [6.45, 7) is 1.46. The molecule has 2 aliphatic rings. The van der Waals surface area contributed by atoms with Crippen molar-refractivity contribution in [1.82, 2.24) is 4.90 Å². The normalized spacial score (nSPS) is 26.6. The lowest BCUT2D eigenvalue weighted by atomic mass is 9.84. The summed E-state index contributed by atoms with van der Waals surface area (Å²) in [7, 11) is -1.21. The van der Waals surface area contributed by atoms with Crippen LogP contribution in [-0.4, -0.2) is 67.8 Å². The first kappa shape index (κ1) is 20.2. The Balaban J connectivity index is 1.99. The summed E-state index contributed by atoms with van der Waals surface area (Å²) in [5, 5.41) is 20.2. The quantitative estimate of drug-likeness (QED) is 0.645. The van der Waals surface area contributed by atoms with Crippen LogP contribution in [0.15, 0.2) is 34.1 Å². The fourth-order valence-electron chi connectivity index (χ4n) is 3.85. The maximum atomic E-state index is 12.8. The highest BCUT2D eigenvalue weighted by Gasteiger charge is 2.59. The number of sulfone groups is 1. The van der Waals surface area contributed by atoms with Crippen LogP contribution in [0.1, 0.15) is 13.3 Å². The summed E-state index contributed by atoms with van der Waals surface area (Å²) in [5.74, 6) is -1.95. The van der Waals surface area contributed by atoms with Gasteiger partial charge >= 0.3 is 5.97 Å². The molecule has 4 atom stereocenters. The first-order chi connectivity index (χ1) is 13.1. The number of carbonyl (C=O) groups is 2. The van der Waals surface area contributed by atoms with Gasteiger partial charge in [0.15, 0.2) is 27.4 Å². The van der Waals surface area contributed by atoms with Gasteiger partial charge in [-0.15, -0.1) is 0 Å². The number of ether oxygens (including phenoxy) is 2. The minimum atomic E-state index is -4.00. The molecule has 2 heterocycles. The number of benzene rings is 1. The Hall–Kier alpha value is -2.59. The van der Waals surface area contributed by atoms with Gasteiger partial charge in [-0.2, -0.15) is 0 Å². The molecule has 3 rings (SSSR count). The highest BCUT2D eigenvalue weighted by Crippen LogP contribution is 2.44. The third-order valence-electron chi connectivity index (χ3n) is 5.13. The van der Waals surface area contributed by atoms with E-state index < -0.39 is 45.8 Å². The van der Waals surface area contributed by atoms with Crippen LogP contribution in [0.3, 0.4) is 0 Å². The second-order valence-corrected chi connectivity index (χ2v) is 8.58. The molecule has 4 unspecified atom stereocenters. The SMILES string of the molecule is COc1ccc(S(=O)(=O)C=C2CC3C(C(C)O)C(=O)N3C2C(=O)O)cc1OC. The van der Waals surface area contributed by atoms with Crippen LogP contribution in [0, 0.1) is 5.92 Å². The fourth-order valence-corrected chi connectivity index (χ4v) is 5.13. The van der Waals surface area contributed by atoms with Gasteiger partial charge in [0.05, 0.1) is 37.2 Å². The molecule has 0 radical (unpaired) electrons. The van der Waals surface area contributed by atoms with Gasteiger partial charge in [0.1, 0.15) is 0 Å². The van der Waals surface area contributed by atoms with Crippen LogP contribution in [0.2, 0.25) is 0 Å². The third-order valence-corrected chi connectivity index (χ3v) is 6.65. The van der Waals surface area contributed by atoms with Crippen molar-refractivity contribution in [2.24, 2.45) is 5.92 Å². The number of aliphatic hydroxyl groups is 1. The molecule has 0 aliphatic carbocycles. The maximum Gasteiger partial charge on any atom is 0.330 e. The Bertz CT molecular complexity index is 952. The molecule has 1 amide bonds. The molecule has 0 saturated carbocycles. The Morgan fingerprint density at radius 3 is 2.46 bits per heavy atom. The summed E-state index contributed by atoms with van der Waals surface area (Å²) in [5.41, 5.74) is 0.101. The summed E-state index contributed by atoms with van der Waals surface area (Å²) in [6, 6.07) is 2.17. The minimum absolute atomic E-state index is 0.0742. The molecule has 152 valence electrons. The van der Waals surface area contributed by atoms with E-state index >= 15 is 0 Å². The Morgan fingerprint density at radius 2 is 1.93 bits per heavy atom. The van der Waals surface area contributed by atoms with E-state index in [1.807, 2.05) is 0 Å². The van der Waals surface area contributed by atoms with E-state index in [1.165, 1.54) is 39.3 Å². The first-order valence-corrected chi connectivity index (χ1v) is 10.1. The summed E-state index contributed by atoms with van der Waals surface area (Å²) in [6.07, 6.45) is -0.866. The lowest BCUT2D eigenvalue weighted by molar-refractivity contribution is -0.169. The second kappa shape index (κ2) is 7.10. The van der Waals surface area contributed by atoms with Crippen molar-refractivity contribution in [2.75, 3.05) is 14.2 Å². The van der Waals surface area contributed by atoms with Crippen molar-refractivity contribution < 1.29 is 37.7 Å². The fraction of sp³-hybridized carbons (Fsp3) is 0.444. The standard InChI is InChI=1S/C18H21NO8S/c1-9(20)15-12-6-10(16(18(22)23)19(12)17(15)21)8-28(24,25)11-4-5-13(26-2)14(7-11)27-3/h4-5,7-9,12,15-16,20H,6H2,1-3H3,(H,22,23). The van der Waals surface area contributed by atoms with E-state index in [1.54, 1.807) is 0 Å². The number of β-lactam (4-membered cyclic amide) rings is 1. The van der Waals surface area contributed by atoms with Crippen LogP contribution in [0.5, 0.6) is 11.5 Å². The number of rotatable bonds is 6. The summed E-state index contributed by atoms with van der Waals surface area (Å²) >= 11 is 0. The van der Waals surface area contributed by atoms with Crippen molar-refractivity contribution in [3.63, 3.8) is 0 Å². The maximum absolute atomic E-state index is 12.8. The number of aliphatic hydroxyl groups excluding tert-OH is 1. The van der Waals surface area contributed by atoms with Gasteiger partial charge in [-0.05, 0) is 31.1 Å². The summed E-state index contributed by atoms with van der Waals surface area (Å²) < 4.78 is 35.9. The number of carbonyl (C=O) groups excluding carboxylic acids is 1. The van der Waals surface area contributed by atoms with Crippen LogP contribution >= 0.6 is 0 Å². The molecule has 2 aliphatic heterocycles. The van der Waals surface area contributed by atoms with Crippen molar-refractivity contribution in [1.29, 1.82) is 0 Å². The predicted molar refractivity (Wildman–Crippen MR) is 96.7 cm³/mol. The molecular weight excluding hydrogens is 390 g/mol. The number of nitrogens with zero attached hydrogens (tertiary/aromatic N) is 1. The summed E-state index contributed by atoms with van der Waals surface area (Å²) in [4.78, 5) is 25.0. The molecule has 10 heteroatoms. The second-order valence-electron chi connectivity index (χ2n) is 6.78. The zero-order valence-corrected chi connectivity index (χ0v) is 16.3. The number of hydrogen-bond donors (Lipinski definition) is 2. The molecule has 2 N–H and O–H groups in total. The van der Waals surface area contributed by atoms with Crippen LogP contribution in [0.4, 0.5) is 0 Å². The monoisotopic (exact) mass is 411 g/mol. The molecule has 1 aromatic rings. The zero-order valence-electron chi connectivity index (χ0n) is 15.5. The average molecular weight is 411 g/mol. The van der Waals surface area contributed by atoms with E-state index in [0.717, 1.165) is 10.3 Å². The van der Waals surface area contributed by atoms with Gasteiger partial charge in [0.2, 0.25) is 5.91 Å². The first-order valence-electron chi connectivity index (χ1n) is 8.53. The third kappa shape index (κ3) is 3.12. The van der Waals surface area contributed by atoms with Crippen LogP contribution in [-0.2, 0) is 19.4 Å². The number of carboxylic acid groups (broad SMARTS) is 1. The predicted octanol–water partition coefficient (Wildman–Crippen LogP) is 0.426. The Kier molecular flexibility index (Phi) is 5.11. The number of fused-ring (bicyclic) bond motifs is 1. The highest BCUT2D eigenvalue weighted by molar-refractivity contribution is 7.94. The van der Waals surface area contributed by atoms with Crippen molar-refractivity contribution >= 4 is 21.7 Å². The molecule has 2 saturated heterocycles. The van der Waals surface area contributed by atoms with Crippen molar-refractivity contribution in [3.05, 3.63) is 29.2 Å². The number of methoxy groups -OCH3 is 2. The minimum Gasteiger partial charge on any atom is -0.493 e. The zero-order chi connectivity index (χ0) is 20.8. The van der Waals surface area contributed by atoms with Gasteiger partial charge in [-0.3, -0.25) is 4.79 Å². The smallest absolute Gasteiger partial charge is 0.330 e. The number of aliphatic carboxylic acids is 1. The lowest BCUT2D eigenvalue weighted by Gasteiger charge is -2.45. The van der Waals surface area contributed by atoms with E-state index in [2.05, 4.69) is 0 Å². The largest absolute Gasteiger partial charge is 0.493 e. The molecule has 2 fully saturated rings. The van der Waals surface area contributed by atoms with Crippen LogP contribution in [0.25, 0.3) is 0 Å². The Labute approximate surface area is 162 Å². The number of carboxylic acids is 1. The molecule has 28 heavy (non-hydrogen) atoms. The molecule has 0 bridgehead atoms. The van der Waals surface area contributed by atoms with E-state index in [0.29, 0.717) is 5.75 Å². The van der Waals surface area contributed by atoms with Crippen molar-refractivity contribution in [2.45, 2.75) is 36.4 Å². The molecule has 0 spiro atoms.